The predicted octanol–water partition coefficient (Wildman–Crippen LogP) is 8.55. The normalized spacial score (nSPS) is 13.4. The summed E-state index contributed by atoms with van der Waals surface area (Å²) in [5.74, 6) is -2.32. The highest BCUT2D eigenvalue weighted by Gasteiger charge is 2.21. The number of ether oxygens (including phenoxy) is 4. The number of unbranched alkanes of at least 4 members (excludes halogenated alkanes) is 15. The lowest BCUT2D eigenvalue weighted by Crippen LogP contribution is -2.44. The first kappa shape index (κ1) is 48.5. The van der Waals surface area contributed by atoms with E-state index in [1.807, 2.05) is 21.1 Å². The topological polar surface area (TPSA) is 111 Å². The van der Waals surface area contributed by atoms with E-state index in [0.29, 0.717) is 17.4 Å². The van der Waals surface area contributed by atoms with Crippen LogP contribution < -0.4 is 5.11 Å². The van der Waals surface area contributed by atoms with Crippen LogP contribution >= 0.6 is 0 Å². The maximum Gasteiger partial charge on any atom is 0.306 e. The average Bonchev–Trinajstić information content (AvgIpc) is 3.08. The van der Waals surface area contributed by atoms with E-state index in [2.05, 4.69) is 50.3 Å². The summed E-state index contributed by atoms with van der Waals surface area (Å²) in [5.41, 5.74) is 0. The molecule has 0 aromatic carbocycles. The van der Waals surface area contributed by atoms with Crippen LogP contribution in [0.5, 0.6) is 0 Å². The van der Waals surface area contributed by atoms with Gasteiger partial charge >= 0.3 is 11.9 Å². The van der Waals surface area contributed by atoms with Gasteiger partial charge in [-0.2, -0.15) is 0 Å². The zero-order chi connectivity index (χ0) is 37.8. The number of carboxylic acids is 1. The van der Waals surface area contributed by atoms with E-state index in [4.69, 9.17) is 18.9 Å². The van der Waals surface area contributed by atoms with Crippen LogP contribution in [0.3, 0.4) is 0 Å². The molecule has 9 nitrogen and oxygen atoms in total. The Balaban J connectivity index is 4.55. The first-order valence-corrected chi connectivity index (χ1v) is 20.1. The van der Waals surface area contributed by atoms with Crippen molar-refractivity contribution in [1.82, 2.24) is 0 Å². The highest BCUT2D eigenvalue weighted by atomic mass is 16.7. The molecule has 0 spiro atoms. The van der Waals surface area contributed by atoms with Gasteiger partial charge in [0.1, 0.15) is 13.2 Å². The number of nitrogens with zero attached hydrogens (tertiary/aromatic N) is 1. The SMILES string of the molecule is CCC/C=C\C/C=C\CCCCCCCC(=O)OC(COC(=O)CCCCCCC/C=C\CCCCCC)COC(OCC[N+](C)(C)C)C(=O)[O-]. The number of esters is 2. The second-order valence-electron chi connectivity index (χ2n) is 14.6. The molecule has 0 aromatic rings. The third-order valence-electron chi connectivity index (χ3n) is 8.34. The number of hydrogen-bond donors (Lipinski definition) is 0. The zero-order valence-corrected chi connectivity index (χ0v) is 33.2. The molecular formula is C42H75NO8. The summed E-state index contributed by atoms with van der Waals surface area (Å²) in [5, 5.41) is 11.6. The number of carbonyl (C=O) groups excluding carboxylic acids is 3. The molecule has 0 bridgehead atoms. The van der Waals surface area contributed by atoms with Crippen molar-refractivity contribution in [3.63, 3.8) is 0 Å². The molecular weight excluding hydrogens is 646 g/mol. The molecule has 0 aliphatic heterocycles. The van der Waals surface area contributed by atoms with Crippen molar-refractivity contribution in [3.05, 3.63) is 36.5 Å². The maximum atomic E-state index is 12.7. The lowest BCUT2D eigenvalue weighted by Gasteiger charge is -2.26. The van der Waals surface area contributed by atoms with E-state index in [0.717, 1.165) is 83.5 Å². The molecule has 0 rings (SSSR count). The van der Waals surface area contributed by atoms with Crippen LogP contribution in [0.15, 0.2) is 36.5 Å². The summed E-state index contributed by atoms with van der Waals surface area (Å²) >= 11 is 0. The molecule has 296 valence electrons. The quantitative estimate of drug-likeness (QED) is 0.0208. The first-order chi connectivity index (χ1) is 24.6. The van der Waals surface area contributed by atoms with Gasteiger partial charge < -0.3 is 33.3 Å². The summed E-state index contributed by atoms with van der Waals surface area (Å²) in [6, 6.07) is 0. The fourth-order valence-corrected chi connectivity index (χ4v) is 5.15. The lowest BCUT2D eigenvalue weighted by atomic mass is 10.1. The van der Waals surface area contributed by atoms with Gasteiger partial charge in [-0.05, 0) is 64.2 Å². The molecule has 0 saturated carbocycles. The number of aliphatic carboxylic acids is 1. The zero-order valence-electron chi connectivity index (χ0n) is 33.2. The summed E-state index contributed by atoms with van der Waals surface area (Å²) < 4.78 is 22.4. The van der Waals surface area contributed by atoms with Crippen LogP contribution in [0.1, 0.15) is 155 Å². The Hall–Kier alpha value is -2.49. The van der Waals surface area contributed by atoms with Crippen molar-refractivity contribution in [2.45, 2.75) is 167 Å². The van der Waals surface area contributed by atoms with Gasteiger partial charge in [0, 0.05) is 12.8 Å². The van der Waals surface area contributed by atoms with Crippen molar-refractivity contribution in [2.24, 2.45) is 0 Å². The van der Waals surface area contributed by atoms with E-state index in [1.54, 1.807) is 0 Å². The molecule has 51 heavy (non-hydrogen) atoms. The van der Waals surface area contributed by atoms with Gasteiger partial charge in [-0.1, -0.05) is 115 Å². The van der Waals surface area contributed by atoms with Gasteiger partial charge in [0.25, 0.3) is 0 Å². The lowest BCUT2D eigenvalue weighted by molar-refractivity contribution is -0.870. The molecule has 0 saturated heterocycles. The smallest absolute Gasteiger partial charge is 0.306 e. The van der Waals surface area contributed by atoms with Gasteiger partial charge in [0.05, 0.1) is 40.3 Å². The Morgan fingerprint density at radius 3 is 1.65 bits per heavy atom. The van der Waals surface area contributed by atoms with Crippen molar-refractivity contribution in [3.8, 4) is 0 Å². The minimum Gasteiger partial charge on any atom is -0.545 e. The minimum atomic E-state index is -1.62. The van der Waals surface area contributed by atoms with Gasteiger partial charge in [0.2, 0.25) is 0 Å². The molecule has 0 aromatic heterocycles. The number of carbonyl (C=O) groups is 3. The molecule has 0 radical (unpaired) electrons. The van der Waals surface area contributed by atoms with Crippen LogP contribution in [-0.4, -0.2) is 82.3 Å². The molecule has 0 amide bonds. The van der Waals surface area contributed by atoms with Crippen LogP contribution in [0.4, 0.5) is 0 Å². The summed E-state index contributed by atoms with van der Waals surface area (Å²) in [7, 11) is 5.89. The van der Waals surface area contributed by atoms with Crippen LogP contribution in [0.2, 0.25) is 0 Å². The van der Waals surface area contributed by atoms with Crippen molar-refractivity contribution < 1.29 is 42.9 Å². The van der Waals surface area contributed by atoms with E-state index in [-0.39, 0.29) is 38.6 Å². The Labute approximate surface area is 311 Å². The number of rotatable bonds is 36. The van der Waals surface area contributed by atoms with Crippen molar-refractivity contribution in [1.29, 1.82) is 0 Å². The maximum absolute atomic E-state index is 12.7. The third-order valence-corrected chi connectivity index (χ3v) is 8.34. The fraction of sp³-hybridized carbons (Fsp3) is 0.786. The fourth-order valence-electron chi connectivity index (χ4n) is 5.15. The molecule has 2 unspecified atom stereocenters. The van der Waals surface area contributed by atoms with E-state index >= 15 is 0 Å². The molecule has 2 atom stereocenters. The highest BCUT2D eigenvalue weighted by molar-refractivity contribution is 5.70. The second-order valence-corrected chi connectivity index (χ2v) is 14.6. The molecule has 0 aliphatic carbocycles. The first-order valence-electron chi connectivity index (χ1n) is 20.1. The molecule has 0 heterocycles. The van der Waals surface area contributed by atoms with E-state index in [1.165, 1.54) is 38.5 Å². The number of quaternary nitrogens is 1. The highest BCUT2D eigenvalue weighted by Crippen LogP contribution is 2.12. The summed E-state index contributed by atoms with van der Waals surface area (Å²) in [4.78, 5) is 36.8. The van der Waals surface area contributed by atoms with Gasteiger partial charge in [-0.3, -0.25) is 9.59 Å². The number of likely N-dealkylation sites (N-methyl/N-ethyl adjacent to an activating group) is 1. The summed E-state index contributed by atoms with van der Waals surface area (Å²) in [6.07, 6.45) is 33.1. The average molecular weight is 722 g/mol. The Morgan fingerprint density at radius 1 is 0.588 bits per heavy atom. The minimum absolute atomic E-state index is 0.143. The van der Waals surface area contributed by atoms with Crippen molar-refractivity contribution >= 4 is 17.9 Å². The third kappa shape index (κ3) is 35.7. The predicted molar refractivity (Wildman–Crippen MR) is 205 cm³/mol. The van der Waals surface area contributed by atoms with Gasteiger partial charge in [-0.15, -0.1) is 0 Å². The number of hydrogen-bond acceptors (Lipinski definition) is 8. The van der Waals surface area contributed by atoms with Gasteiger partial charge in [0.15, 0.2) is 12.4 Å². The Kier molecular flexibility index (Phi) is 32.9. The molecule has 0 N–H and O–H groups in total. The molecule has 0 fully saturated rings. The van der Waals surface area contributed by atoms with E-state index < -0.39 is 24.3 Å². The van der Waals surface area contributed by atoms with E-state index in [9.17, 15) is 19.5 Å². The Morgan fingerprint density at radius 2 is 1.10 bits per heavy atom. The van der Waals surface area contributed by atoms with Crippen LogP contribution in [0, 0.1) is 0 Å². The van der Waals surface area contributed by atoms with Crippen LogP contribution in [-0.2, 0) is 33.3 Å². The monoisotopic (exact) mass is 722 g/mol. The Bertz CT molecular complexity index is 940. The van der Waals surface area contributed by atoms with Crippen molar-refractivity contribution in [2.75, 3.05) is 47.5 Å². The molecule has 0 aliphatic rings. The standard InChI is InChI=1S/C42H75NO8/c1-6-8-10-12-14-16-18-20-22-24-26-28-30-32-39(44)49-36-38(37-50-42(41(46)47)48-35-34-43(3,4)5)51-40(45)33-31-29-27-25-23-21-19-17-15-13-11-9-7-2/h11,13,16-19,38,42H,6-10,12,14-15,20-37H2,1-5H3/b13-11-,18-16-,19-17-. The second kappa shape index (κ2) is 34.6. The number of carboxylic acid groups (broad SMARTS) is 1. The number of allylic oxidation sites excluding steroid dienone is 6. The van der Waals surface area contributed by atoms with Crippen LogP contribution in [0.25, 0.3) is 0 Å². The van der Waals surface area contributed by atoms with Gasteiger partial charge in [-0.25, -0.2) is 0 Å². The largest absolute Gasteiger partial charge is 0.545 e. The summed E-state index contributed by atoms with van der Waals surface area (Å²) in [6.45, 7) is 4.61. The molecule has 9 heteroatoms.